The van der Waals surface area contributed by atoms with Crippen LogP contribution in [0.15, 0.2) is 24.3 Å². The molecule has 1 amide bonds. The predicted octanol–water partition coefficient (Wildman–Crippen LogP) is 1.39. The molecule has 4 rings (SSSR count). The number of benzene rings is 1. The summed E-state index contributed by atoms with van der Waals surface area (Å²) in [5.41, 5.74) is 0.474. The lowest BCUT2D eigenvalue weighted by Crippen LogP contribution is -2.58. The minimum Gasteiger partial charge on any atom is -0.487 e. The Hall–Kier alpha value is -1.73. The molecule has 1 spiro atoms. The van der Waals surface area contributed by atoms with Crippen LogP contribution in [0, 0.1) is 0 Å². The van der Waals surface area contributed by atoms with E-state index in [4.69, 9.17) is 17.0 Å². The number of halogens is 1. The summed E-state index contributed by atoms with van der Waals surface area (Å²) < 4.78 is 19.6. The second-order valence-electron chi connectivity index (χ2n) is 6.70. The molecule has 1 aromatic rings. The summed E-state index contributed by atoms with van der Waals surface area (Å²) in [5, 5.41) is 9.24. The molecule has 1 aromatic carbocycles. The smallest absolute Gasteiger partial charge is 0.252 e. The van der Waals surface area contributed by atoms with E-state index in [2.05, 4.69) is 16.0 Å². The van der Waals surface area contributed by atoms with Gasteiger partial charge in [-0.2, -0.15) is 0 Å². The second kappa shape index (κ2) is 5.97. The summed E-state index contributed by atoms with van der Waals surface area (Å²) >= 11 is 5.07. The largest absolute Gasteiger partial charge is 0.487 e. The monoisotopic (exact) mass is 349 g/mol. The van der Waals surface area contributed by atoms with Crippen molar-refractivity contribution in [3.8, 4) is 5.75 Å². The number of alkyl halides is 1. The quantitative estimate of drug-likeness (QED) is 0.720. The van der Waals surface area contributed by atoms with Crippen LogP contribution in [-0.4, -0.2) is 41.9 Å². The van der Waals surface area contributed by atoms with E-state index >= 15 is 0 Å². The molecule has 5 nitrogen and oxygen atoms in total. The fourth-order valence-corrected chi connectivity index (χ4v) is 4.11. The first-order valence-corrected chi connectivity index (χ1v) is 8.74. The normalized spacial score (nSPS) is 35.3. The number of piperidine rings is 1. The van der Waals surface area contributed by atoms with Gasteiger partial charge in [-0.1, -0.05) is 12.1 Å². The van der Waals surface area contributed by atoms with E-state index in [9.17, 15) is 9.18 Å². The number of rotatable bonds is 3. The zero-order valence-corrected chi connectivity index (χ0v) is 14.0. The van der Waals surface area contributed by atoms with Gasteiger partial charge in [-0.05, 0) is 55.7 Å². The third kappa shape index (κ3) is 2.56. The summed E-state index contributed by atoms with van der Waals surface area (Å²) in [6.07, 6.45) is 0.994. The molecule has 3 aliphatic rings. The third-order valence-corrected chi connectivity index (χ3v) is 5.51. The van der Waals surface area contributed by atoms with Crippen molar-refractivity contribution >= 4 is 23.2 Å². The van der Waals surface area contributed by atoms with Gasteiger partial charge in [0.1, 0.15) is 23.6 Å². The minimum atomic E-state index is -0.985. The van der Waals surface area contributed by atoms with Crippen molar-refractivity contribution < 1.29 is 13.9 Å². The van der Waals surface area contributed by atoms with Gasteiger partial charge in [-0.15, -0.1) is 0 Å². The molecule has 0 aromatic heterocycles. The van der Waals surface area contributed by atoms with Crippen LogP contribution in [0.1, 0.15) is 30.7 Å². The maximum absolute atomic E-state index is 13.8. The molecule has 0 bridgehead atoms. The molecule has 3 fully saturated rings. The Kier molecular flexibility index (Phi) is 3.92. The summed E-state index contributed by atoms with van der Waals surface area (Å²) in [4.78, 5) is 12.2. The Labute approximate surface area is 145 Å². The average molecular weight is 349 g/mol. The van der Waals surface area contributed by atoms with Crippen molar-refractivity contribution in [2.45, 2.75) is 43.0 Å². The summed E-state index contributed by atoms with van der Waals surface area (Å²) in [6, 6.07) is 7.65. The zero-order chi connectivity index (χ0) is 16.7. The van der Waals surface area contributed by atoms with Gasteiger partial charge in [0.25, 0.3) is 5.91 Å². The maximum Gasteiger partial charge on any atom is 0.252 e. The van der Waals surface area contributed by atoms with E-state index in [0.29, 0.717) is 23.8 Å². The van der Waals surface area contributed by atoms with Crippen molar-refractivity contribution in [1.29, 1.82) is 0 Å². The fraction of sp³-hybridized carbons (Fsp3) is 0.529. The Morgan fingerprint density at radius 3 is 2.62 bits per heavy atom. The van der Waals surface area contributed by atoms with Gasteiger partial charge in [0.15, 0.2) is 5.11 Å². The van der Waals surface area contributed by atoms with Crippen molar-refractivity contribution in [2.75, 3.05) is 13.1 Å². The van der Waals surface area contributed by atoms with Gasteiger partial charge < -0.3 is 20.7 Å². The number of ether oxygens (including phenoxy) is 1. The van der Waals surface area contributed by atoms with E-state index in [1.807, 2.05) is 24.3 Å². The van der Waals surface area contributed by atoms with Crippen LogP contribution in [0.3, 0.4) is 0 Å². The van der Waals surface area contributed by atoms with Crippen LogP contribution in [-0.2, 0) is 4.79 Å². The lowest BCUT2D eigenvalue weighted by molar-refractivity contribution is -0.127. The SMILES string of the molecule is O=C1NC(=S)NC12CCC2c1ccc(OC2CCNCC2F)cc1. The van der Waals surface area contributed by atoms with Crippen molar-refractivity contribution in [2.24, 2.45) is 0 Å². The molecule has 1 aliphatic carbocycles. The number of thiocarbonyl (C=S) groups is 1. The highest BCUT2D eigenvalue weighted by molar-refractivity contribution is 7.80. The Bertz CT molecular complexity index is 668. The van der Waals surface area contributed by atoms with Crippen molar-refractivity contribution in [3.63, 3.8) is 0 Å². The molecular weight excluding hydrogens is 329 g/mol. The van der Waals surface area contributed by atoms with E-state index in [-0.39, 0.29) is 11.8 Å². The van der Waals surface area contributed by atoms with E-state index in [0.717, 1.165) is 24.9 Å². The molecule has 2 saturated heterocycles. The first-order chi connectivity index (χ1) is 11.6. The fourth-order valence-electron chi connectivity index (χ4n) is 3.84. The molecule has 24 heavy (non-hydrogen) atoms. The van der Waals surface area contributed by atoms with Crippen LogP contribution < -0.4 is 20.7 Å². The molecular formula is C17H20FN3O2S. The topological polar surface area (TPSA) is 62.4 Å². The molecule has 1 saturated carbocycles. The highest BCUT2D eigenvalue weighted by Crippen LogP contribution is 2.47. The zero-order valence-electron chi connectivity index (χ0n) is 13.2. The highest BCUT2D eigenvalue weighted by Gasteiger charge is 2.57. The van der Waals surface area contributed by atoms with E-state index < -0.39 is 17.8 Å². The molecule has 0 radical (unpaired) electrons. The lowest BCUT2D eigenvalue weighted by Gasteiger charge is -2.44. The van der Waals surface area contributed by atoms with Crippen LogP contribution >= 0.6 is 12.2 Å². The minimum absolute atomic E-state index is 0.0425. The number of carbonyl (C=O) groups excluding carboxylic acids is 1. The van der Waals surface area contributed by atoms with Gasteiger partial charge in [-0.25, -0.2) is 4.39 Å². The molecule has 4 unspecified atom stereocenters. The lowest BCUT2D eigenvalue weighted by atomic mass is 9.63. The van der Waals surface area contributed by atoms with Crippen LogP contribution in [0.2, 0.25) is 0 Å². The Balaban J connectivity index is 1.46. The van der Waals surface area contributed by atoms with Gasteiger partial charge in [0.05, 0.1) is 0 Å². The van der Waals surface area contributed by atoms with Gasteiger partial charge in [-0.3, -0.25) is 4.79 Å². The maximum atomic E-state index is 13.8. The number of carbonyl (C=O) groups is 1. The molecule has 2 aliphatic heterocycles. The molecule has 7 heteroatoms. The second-order valence-corrected chi connectivity index (χ2v) is 7.11. The highest BCUT2D eigenvalue weighted by atomic mass is 32.1. The van der Waals surface area contributed by atoms with Crippen LogP contribution in [0.5, 0.6) is 5.75 Å². The Morgan fingerprint density at radius 1 is 1.25 bits per heavy atom. The van der Waals surface area contributed by atoms with E-state index in [1.54, 1.807) is 0 Å². The van der Waals surface area contributed by atoms with Gasteiger partial charge in [0, 0.05) is 12.5 Å². The number of amides is 1. The molecule has 4 atom stereocenters. The first-order valence-electron chi connectivity index (χ1n) is 8.33. The van der Waals surface area contributed by atoms with Crippen LogP contribution in [0.4, 0.5) is 4.39 Å². The standard InChI is InChI=1S/C17H20FN3O2S/c18-13-9-19-8-6-14(13)23-11-3-1-10(2-4-11)12-5-7-17(12)15(22)20-16(24)21-17/h1-4,12-14,19H,5-9H2,(H2,20,21,22,24). The van der Waals surface area contributed by atoms with Crippen LogP contribution in [0.25, 0.3) is 0 Å². The summed E-state index contributed by atoms with van der Waals surface area (Å²) in [6.45, 7) is 1.11. The summed E-state index contributed by atoms with van der Waals surface area (Å²) in [7, 11) is 0. The Morgan fingerprint density at radius 2 is 2.04 bits per heavy atom. The number of hydrogen-bond donors (Lipinski definition) is 3. The molecule has 2 heterocycles. The molecule has 3 N–H and O–H groups in total. The third-order valence-electron chi connectivity index (χ3n) is 5.31. The molecule has 128 valence electrons. The van der Waals surface area contributed by atoms with Gasteiger partial charge >= 0.3 is 0 Å². The first kappa shape index (κ1) is 15.8. The number of hydrogen-bond acceptors (Lipinski definition) is 4. The average Bonchev–Trinajstić information content (AvgIpc) is 2.87. The van der Waals surface area contributed by atoms with Gasteiger partial charge in [0.2, 0.25) is 0 Å². The number of nitrogens with one attached hydrogen (secondary N) is 3. The predicted molar refractivity (Wildman–Crippen MR) is 91.8 cm³/mol. The summed E-state index contributed by atoms with van der Waals surface area (Å²) in [5.74, 6) is 0.722. The van der Waals surface area contributed by atoms with Crippen molar-refractivity contribution in [1.82, 2.24) is 16.0 Å². The van der Waals surface area contributed by atoms with E-state index in [1.165, 1.54) is 0 Å². The van der Waals surface area contributed by atoms with Crippen molar-refractivity contribution in [3.05, 3.63) is 29.8 Å².